The molecule has 3 rings (SSSR count). The minimum Gasteiger partial charge on any atom is -0.374 e. The van der Waals surface area contributed by atoms with Crippen LogP contribution in [0.25, 0.3) is 5.82 Å². The van der Waals surface area contributed by atoms with E-state index in [9.17, 15) is 9.59 Å². The SMILES string of the molecule is Cc1c(C(=O)NCCCOC(C)c2ccccc2)cnn1-c1ccc(=O)[nH]n1. The summed E-state index contributed by atoms with van der Waals surface area (Å²) in [5, 5.41) is 13.3. The number of ether oxygens (including phenoxy) is 1. The molecule has 0 aliphatic rings. The Morgan fingerprint density at radius 1 is 1.25 bits per heavy atom. The van der Waals surface area contributed by atoms with Gasteiger partial charge < -0.3 is 10.1 Å². The van der Waals surface area contributed by atoms with Crippen molar-refractivity contribution in [3.05, 3.63) is 75.8 Å². The van der Waals surface area contributed by atoms with Crippen molar-refractivity contribution in [3.8, 4) is 5.82 Å². The Bertz CT molecular complexity index is 961. The molecule has 3 aromatic rings. The topological polar surface area (TPSA) is 102 Å². The maximum Gasteiger partial charge on any atom is 0.264 e. The third-order valence-corrected chi connectivity index (χ3v) is 4.38. The predicted molar refractivity (Wildman–Crippen MR) is 104 cm³/mol. The molecule has 0 aliphatic carbocycles. The van der Waals surface area contributed by atoms with Crippen molar-refractivity contribution in [3.63, 3.8) is 0 Å². The number of benzene rings is 1. The van der Waals surface area contributed by atoms with E-state index in [1.54, 1.807) is 13.0 Å². The van der Waals surface area contributed by atoms with Crippen LogP contribution in [0, 0.1) is 6.92 Å². The molecule has 1 unspecified atom stereocenters. The van der Waals surface area contributed by atoms with Gasteiger partial charge in [0.15, 0.2) is 5.82 Å². The number of nitrogens with zero attached hydrogens (tertiary/aromatic N) is 3. The molecule has 0 saturated carbocycles. The van der Waals surface area contributed by atoms with Crippen LogP contribution in [0.1, 0.15) is 41.1 Å². The molecule has 0 spiro atoms. The fourth-order valence-corrected chi connectivity index (χ4v) is 2.77. The Balaban J connectivity index is 1.48. The zero-order valence-electron chi connectivity index (χ0n) is 15.9. The lowest BCUT2D eigenvalue weighted by Gasteiger charge is -2.13. The second-order valence-corrected chi connectivity index (χ2v) is 6.37. The van der Waals surface area contributed by atoms with E-state index >= 15 is 0 Å². The highest BCUT2D eigenvalue weighted by atomic mass is 16.5. The number of nitrogens with one attached hydrogen (secondary N) is 2. The third-order valence-electron chi connectivity index (χ3n) is 4.38. The summed E-state index contributed by atoms with van der Waals surface area (Å²) in [6, 6.07) is 12.9. The van der Waals surface area contributed by atoms with Gasteiger partial charge in [0.2, 0.25) is 0 Å². The Morgan fingerprint density at radius 2 is 2.04 bits per heavy atom. The van der Waals surface area contributed by atoms with Gasteiger partial charge in [-0.05, 0) is 31.9 Å². The highest BCUT2D eigenvalue weighted by Crippen LogP contribution is 2.16. The minimum atomic E-state index is -0.296. The van der Waals surface area contributed by atoms with E-state index in [1.165, 1.54) is 16.9 Å². The molecule has 2 heterocycles. The molecule has 1 atom stereocenters. The summed E-state index contributed by atoms with van der Waals surface area (Å²) in [5.41, 5.74) is 1.94. The highest BCUT2D eigenvalue weighted by molar-refractivity contribution is 5.95. The summed E-state index contributed by atoms with van der Waals surface area (Å²) in [5.74, 6) is 0.240. The number of rotatable bonds is 8. The summed E-state index contributed by atoms with van der Waals surface area (Å²) in [4.78, 5) is 23.5. The first-order chi connectivity index (χ1) is 13.6. The molecule has 2 aromatic heterocycles. The highest BCUT2D eigenvalue weighted by Gasteiger charge is 2.15. The summed E-state index contributed by atoms with van der Waals surface area (Å²) < 4.78 is 7.32. The zero-order valence-corrected chi connectivity index (χ0v) is 15.9. The van der Waals surface area contributed by atoms with Gasteiger partial charge in [0, 0.05) is 19.2 Å². The number of H-pyrrole nitrogens is 1. The van der Waals surface area contributed by atoms with Crippen molar-refractivity contribution in [1.82, 2.24) is 25.3 Å². The number of aromatic amines is 1. The number of hydrogen-bond donors (Lipinski definition) is 2. The number of hydrogen-bond acceptors (Lipinski definition) is 5. The predicted octanol–water partition coefficient (Wildman–Crippen LogP) is 2.16. The standard InChI is InChI=1S/C20H23N5O3/c1-14-17(13-22-25(14)18-9-10-19(26)24-23-18)20(27)21-11-6-12-28-15(2)16-7-4-3-5-8-16/h3-5,7-10,13,15H,6,11-12H2,1-2H3,(H,21,27)(H,24,26). The van der Waals surface area contributed by atoms with Gasteiger partial charge in [0.25, 0.3) is 11.5 Å². The number of amides is 1. The lowest BCUT2D eigenvalue weighted by Crippen LogP contribution is -2.26. The molecular weight excluding hydrogens is 358 g/mol. The Morgan fingerprint density at radius 3 is 2.75 bits per heavy atom. The number of aromatic nitrogens is 4. The summed E-state index contributed by atoms with van der Waals surface area (Å²) >= 11 is 0. The fourth-order valence-electron chi connectivity index (χ4n) is 2.77. The van der Waals surface area contributed by atoms with E-state index in [-0.39, 0.29) is 17.6 Å². The van der Waals surface area contributed by atoms with Gasteiger partial charge in [-0.15, -0.1) is 0 Å². The summed E-state index contributed by atoms with van der Waals surface area (Å²) in [6.07, 6.45) is 2.21. The molecule has 2 N–H and O–H groups in total. The molecule has 0 aliphatic heterocycles. The van der Waals surface area contributed by atoms with Crippen LogP contribution >= 0.6 is 0 Å². The van der Waals surface area contributed by atoms with E-state index in [1.807, 2.05) is 37.3 Å². The van der Waals surface area contributed by atoms with Crippen molar-refractivity contribution in [2.45, 2.75) is 26.4 Å². The lowest BCUT2D eigenvalue weighted by atomic mass is 10.1. The first-order valence-corrected chi connectivity index (χ1v) is 9.11. The summed E-state index contributed by atoms with van der Waals surface area (Å²) in [6.45, 7) is 4.84. The molecule has 0 fully saturated rings. The van der Waals surface area contributed by atoms with Crippen LogP contribution < -0.4 is 10.9 Å². The maximum absolute atomic E-state index is 12.4. The van der Waals surface area contributed by atoms with Crippen LogP contribution in [0.4, 0.5) is 0 Å². The van der Waals surface area contributed by atoms with Crippen molar-refractivity contribution in [2.75, 3.05) is 13.2 Å². The van der Waals surface area contributed by atoms with E-state index in [2.05, 4.69) is 20.6 Å². The Hall–Kier alpha value is -3.26. The third kappa shape index (κ3) is 4.72. The van der Waals surface area contributed by atoms with Crippen molar-refractivity contribution >= 4 is 5.91 Å². The van der Waals surface area contributed by atoms with Gasteiger partial charge in [0.1, 0.15) is 0 Å². The molecule has 28 heavy (non-hydrogen) atoms. The van der Waals surface area contributed by atoms with E-state index in [0.29, 0.717) is 36.6 Å². The van der Waals surface area contributed by atoms with Gasteiger partial charge in [-0.1, -0.05) is 30.3 Å². The molecule has 8 heteroatoms. The van der Waals surface area contributed by atoms with Gasteiger partial charge in [-0.2, -0.15) is 10.2 Å². The molecule has 1 amide bonds. The van der Waals surface area contributed by atoms with Crippen LogP contribution in [0.5, 0.6) is 0 Å². The normalized spacial score (nSPS) is 11.9. The Kier molecular flexibility index (Phi) is 6.33. The number of carbonyl (C=O) groups excluding carboxylic acids is 1. The van der Waals surface area contributed by atoms with Crippen molar-refractivity contribution < 1.29 is 9.53 Å². The van der Waals surface area contributed by atoms with Crippen LogP contribution in [-0.4, -0.2) is 39.0 Å². The first kappa shape index (κ1) is 19.5. The molecule has 146 valence electrons. The van der Waals surface area contributed by atoms with Crippen LogP contribution in [-0.2, 0) is 4.74 Å². The van der Waals surface area contributed by atoms with Crippen LogP contribution in [0.2, 0.25) is 0 Å². The second kappa shape index (κ2) is 9.09. The second-order valence-electron chi connectivity index (χ2n) is 6.37. The quantitative estimate of drug-likeness (QED) is 0.582. The van der Waals surface area contributed by atoms with Crippen LogP contribution in [0.3, 0.4) is 0 Å². The minimum absolute atomic E-state index is 0.0159. The fraction of sp³-hybridized carbons (Fsp3) is 0.300. The molecule has 1 aromatic carbocycles. The molecule has 8 nitrogen and oxygen atoms in total. The van der Waals surface area contributed by atoms with Crippen LogP contribution in [0.15, 0.2) is 53.5 Å². The van der Waals surface area contributed by atoms with Gasteiger partial charge in [-0.3, -0.25) is 9.59 Å². The molecule has 0 bridgehead atoms. The van der Waals surface area contributed by atoms with E-state index in [0.717, 1.165) is 5.56 Å². The largest absolute Gasteiger partial charge is 0.374 e. The van der Waals surface area contributed by atoms with E-state index in [4.69, 9.17) is 4.74 Å². The first-order valence-electron chi connectivity index (χ1n) is 9.11. The average Bonchev–Trinajstić information content (AvgIpc) is 3.10. The molecule has 0 saturated heterocycles. The molecular formula is C20H23N5O3. The van der Waals surface area contributed by atoms with Gasteiger partial charge >= 0.3 is 0 Å². The van der Waals surface area contributed by atoms with Crippen molar-refractivity contribution in [2.24, 2.45) is 0 Å². The lowest BCUT2D eigenvalue weighted by molar-refractivity contribution is 0.0635. The summed E-state index contributed by atoms with van der Waals surface area (Å²) in [7, 11) is 0. The zero-order chi connectivity index (χ0) is 19.9. The molecule has 0 radical (unpaired) electrons. The van der Waals surface area contributed by atoms with Crippen molar-refractivity contribution in [1.29, 1.82) is 0 Å². The monoisotopic (exact) mass is 381 g/mol. The smallest absolute Gasteiger partial charge is 0.264 e. The maximum atomic E-state index is 12.4. The number of carbonyl (C=O) groups is 1. The van der Waals surface area contributed by atoms with Gasteiger partial charge in [0.05, 0.1) is 23.6 Å². The average molecular weight is 381 g/mol. The Labute approximate surface area is 162 Å². The van der Waals surface area contributed by atoms with E-state index < -0.39 is 0 Å². The van der Waals surface area contributed by atoms with Gasteiger partial charge in [-0.25, -0.2) is 9.78 Å².